The molecule has 1 aromatic rings. The number of benzene rings is 1. The van der Waals surface area contributed by atoms with Gasteiger partial charge < -0.3 is 15.7 Å². The van der Waals surface area contributed by atoms with Gasteiger partial charge in [0.05, 0.1) is 0 Å². The molecule has 21 heavy (non-hydrogen) atoms. The maximum atomic E-state index is 11.9. The first-order valence-electron chi connectivity index (χ1n) is 6.92. The quantitative estimate of drug-likeness (QED) is 0.724. The topological polar surface area (TPSA) is 78.4 Å². The van der Waals surface area contributed by atoms with Gasteiger partial charge in [-0.25, -0.2) is 9.59 Å². The lowest BCUT2D eigenvalue weighted by molar-refractivity contribution is -0.139. The number of amides is 2. The summed E-state index contributed by atoms with van der Waals surface area (Å²) in [7, 11) is 0. The number of hydrogen-bond donors (Lipinski definition) is 3. The lowest BCUT2D eigenvalue weighted by atomic mass is 10.1. The Balaban J connectivity index is 2.70. The van der Waals surface area contributed by atoms with E-state index in [9.17, 15) is 9.59 Å². The van der Waals surface area contributed by atoms with Crippen molar-refractivity contribution in [3.63, 3.8) is 0 Å². The van der Waals surface area contributed by atoms with Crippen LogP contribution in [0, 0.1) is 13.8 Å². The molecule has 116 valence electrons. The lowest BCUT2D eigenvalue weighted by Gasteiger charge is -2.15. The number of aryl methyl sites for hydroxylation is 2. The van der Waals surface area contributed by atoms with Crippen molar-refractivity contribution < 1.29 is 14.7 Å². The number of unbranched alkanes of at least 4 members (excludes halogenated alkanes) is 1. The molecule has 6 heteroatoms. The van der Waals surface area contributed by atoms with E-state index in [-0.39, 0.29) is 0 Å². The number of anilines is 1. The zero-order chi connectivity index (χ0) is 16.0. The molecule has 2 amide bonds. The second kappa shape index (κ2) is 8.02. The van der Waals surface area contributed by atoms with E-state index < -0.39 is 18.0 Å². The summed E-state index contributed by atoms with van der Waals surface area (Å²) in [6.07, 6.45) is 2.07. The highest BCUT2D eigenvalue weighted by molar-refractivity contribution is 9.10. The fourth-order valence-corrected chi connectivity index (χ4v) is 2.24. The zero-order valence-electron chi connectivity index (χ0n) is 12.5. The van der Waals surface area contributed by atoms with Crippen LogP contribution in [-0.2, 0) is 4.79 Å². The second-order valence-corrected chi connectivity index (χ2v) is 5.85. The molecule has 0 aliphatic heterocycles. The molecule has 1 unspecified atom stereocenters. The largest absolute Gasteiger partial charge is 0.480 e. The first-order chi connectivity index (χ1) is 9.85. The highest BCUT2D eigenvalue weighted by atomic mass is 79.9. The summed E-state index contributed by atoms with van der Waals surface area (Å²) < 4.78 is 1.000. The Morgan fingerprint density at radius 2 is 1.86 bits per heavy atom. The summed E-state index contributed by atoms with van der Waals surface area (Å²) >= 11 is 3.46. The van der Waals surface area contributed by atoms with E-state index in [2.05, 4.69) is 26.6 Å². The Kier molecular flexibility index (Phi) is 6.68. The number of rotatable bonds is 6. The number of aliphatic carboxylic acids is 1. The van der Waals surface area contributed by atoms with Crippen molar-refractivity contribution in [3.05, 3.63) is 27.7 Å². The number of urea groups is 1. The Hall–Kier alpha value is -1.56. The number of carboxylic acids is 1. The van der Waals surface area contributed by atoms with Crippen molar-refractivity contribution in [2.24, 2.45) is 0 Å². The van der Waals surface area contributed by atoms with Gasteiger partial charge in [-0.1, -0.05) is 35.7 Å². The van der Waals surface area contributed by atoms with Crippen LogP contribution in [0.15, 0.2) is 16.6 Å². The van der Waals surface area contributed by atoms with Crippen molar-refractivity contribution in [2.75, 3.05) is 5.32 Å². The smallest absolute Gasteiger partial charge is 0.326 e. The molecule has 1 rings (SSSR count). The first kappa shape index (κ1) is 17.5. The summed E-state index contributed by atoms with van der Waals surface area (Å²) in [4.78, 5) is 23.0. The van der Waals surface area contributed by atoms with Gasteiger partial charge in [0.15, 0.2) is 0 Å². The molecule has 0 spiro atoms. The van der Waals surface area contributed by atoms with Gasteiger partial charge in [-0.05, 0) is 43.5 Å². The Bertz CT molecular complexity index is 509. The van der Waals surface area contributed by atoms with E-state index in [1.165, 1.54) is 0 Å². The van der Waals surface area contributed by atoms with Crippen LogP contribution in [-0.4, -0.2) is 23.1 Å². The molecule has 5 nitrogen and oxygen atoms in total. The Morgan fingerprint density at radius 3 is 2.33 bits per heavy atom. The van der Waals surface area contributed by atoms with Gasteiger partial charge in [0.25, 0.3) is 0 Å². The summed E-state index contributed by atoms with van der Waals surface area (Å²) in [5.41, 5.74) is 2.66. The predicted molar refractivity (Wildman–Crippen MR) is 86.7 cm³/mol. The van der Waals surface area contributed by atoms with Crippen molar-refractivity contribution in [2.45, 2.75) is 46.1 Å². The minimum Gasteiger partial charge on any atom is -0.480 e. The van der Waals surface area contributed by atoms with Crippen LogP contribution in [0.1, 0.15) is 37.3 Å². The van der Waals surface area contributed by atoms with Crippen LogP contribution in [0.25, 0.3) is 0 Å². The summed E-state index contributed by atoms with van der Waals surface area (Å²) in [6, 6.07) is 2.30. The number of carbonyl (C=O) groups is 2. The van der Waals surface area contributed by atoms with Crippen LogP contribution in [0.4, 0.5) is 10.5 Å². The van der Waals surface area contributed by atoms with Gasteiger partial charge in [0.1, 0.15) is 6.04 Å². The van der Waals surface area contributed by atoms with E-state index in [4.69, 9.17) is 5.11 Å². The molecule has 0 saturated carbocycles. The predicted octanol–water partition coefficient (Wildman–Crippen LogP) is 3.83. The van der Waals surface area contributed by atoms with Gasteiger partial charge in [0.2, 0.25) is 0 Å². The fraction of sp³-hybridized carbons (Fsp3) is 0.467. The average Bonchev–Trinajstić information content (AvgIpc) is 2.40. The average molecular weight is 357 g/mol. The highest BCUT2D eigenvalue weighted by Gasteiger charge is 2.19. The van der Waals surface area contributed by atoms with Gasteiger partial charge >= 0.3 is 12.0 Å². The zero-order valence-corrected chi connectivity index (χ0v) is 14.1. The van der Waals surface area contributed by atoms with Crippen LogP contribution in [0.2, 0.25) is 0 Å². The van der Waals surface area contributed by atoms with E-state index in [1.54, 1.807) is 0 Å². The number of nitrogens with one attached hydrogen (secondary N) is 2. The maximum absolute atomic E-state index is 11.9. The van der Waals surface area contributed by atoms with Crippen LogP contribution < -0.4 is 10.6 Å². The second-order valence-electron chi connectivity index (χ2n) is 5.06. The Labute approximate surface area is 133 Å². The third kappa shape index (κ3) is 5.38. The molecular formula is C15H21BrN2O3. The van der Waals surface area contributed by atoms with Crippen molar-refractivity contribution >= 4 is 33.6 Å². The molecule has 0 fully saturated rings. The SMILES string of the molecule is CCCCC(NC(=O)Nc1cc(C)c(Br)c(C)c1)C(=O)O. The molecule has 0 aliphatic carbocycles. The summed E-state index contributed by atoms with van der Waals surface area (Å²) in [5, 5.41) is 14.3. The van der Waals surface area contributed by atoms with Crippen molar-refractivity contribution in [1.82, 2.24) is 5.32 Å². The molecule has 0 bridgehead atoms. The number of carbonyl (C=O) groups excluding carboxylic acids is 1. The molecule has 0 aliphatic rings. The number of hydrogen-bond acceptors (Lipinski definition) is 2. The fourth-order valence-electron chi connectivity index (χ4n) is 2.01. The van der Waals surface area contributed by atoms with Crippen molar-refractivity contribution in [3.8, 4) is 0 Å². The van der Waals surface area contributed by atoms with Gasteiger partial charge in [-0.2, -0.15) is 0 Å². The number of halogens is 1. The third-order valence-electron chi connectivity index (χ3n) is 3.14. The van der Waals surface area contributed by atoms with E-state index in [0.717, 1.165) is 28.4 Å². The van der Waals surface area contributed by atoms with E-state index in [0.29, 0.717) is 12.1 Å². The molecule has 1 atom stereocenters. The standard InChI is InChI=1S/C15H21BrN2O3/c1-4-5-6-12(14(19)20)18-15(21)17-11-7-9(2)13(16)10(3)8-11/h7-8,12H,4-6H2,1-3H3,(H,19,20)(H2,17,18,21). The number of carboxylic acid groups (broad SMARTS) is 1. The summed E-state index contributed by atoms with van der Waals surface area (Å²) in [6.45, 7) is 5.84. The molecule has 3 N–H and O–H groups in total. The molecule has 0 heterocycles. The normalized spacial score (nSPS) is 11.8. The van der Waals surface area contributed by atoms with Gasteiger partial charge in [0, 0.05) is 10.2 Å². The third-order valence-corrected chi connectivity index (χ3v) is 4.39. The van der Waals surface area contributed by atoms with Crippen LogP contribution >= 0.6 is 15.9 Å². The highest BCUT2D eigenvalue weighted by Crippen LogP contribution is 2.24. The molecular weight excluding hydrogens is 336 g/mol. The minimum absolute atomic E-state index is 0.428. The van der Waals surface area contributed by atoms with Crippen molar-refractivity contribution in [1.29, 1.82) is 0 Å². The molecule has 1 aromatic carbocycles. The minimum atomic E-state index is -1.01. The monoisotopic (exact) mass is 356 g/mol. The van der Waals surface area contributed by atoms with E-state index in [1.807, 2.05) is 32.9 Å². The van der Waals surface area contributed by atoms with E-state index >= 15 is 0 Å². The first-order valence-corrected chi connectivity index (χ1v) is 7.71. The molecule has 0 radical (unpaired) electrons. The van der Waals surface area contributed by atoms with Crippen LogP contribution in [0.5, 0.6) is 0 Å². The maximum Gasteiger partial charge on any atom is 0.326 e. The summed E-state index contributed by atoms with van der Waals surface area (Å²) in [5.74, 6) is -1.01. The molecule has 0 saturated heterocycles. The lowest BCUT2D eigenvalue weighted by Crippen LogP contribution is -2.43. The van der Waals surface area contributed by atoms with Gasteiger partial charge in [-0.3, -0.25) is 0 Å². The van der Waals surface area contributed by atoms with Gasteiger partial charge in [-0.15, -0.1) is 0 Å². The van der Waals surface area contributed by atoms with Crippen LogP contribution in [0.3, 0.4) is 0 Å². The molecule has 0 aromatic heterocycles. The Morgan fingerprint density at radius 1 is 1.29 bits per heavy atom.